The first kappa shape index (κ1) is 34.7. The molecule has 6 aromatic rings. The fourth-order valence-corrected chi connectivity index (χ4v) is 7.25. The minimum absolute atomic E-state index is 0.00187. The van der Waals surface area contributed by atoms with Gasteiger partial charge in [-0.25, -0.2) is 9.59 Å². The predicted molar refractivity (Wildman–Crippen MR) is 210 cm³/mol. The van der Waals surface area contributed by atoms with Crippen molar-refractivity contribution in [2.24, 2.45) is 11.8 Å². The Morgan fingerprint density at radius 1 is 0.519 bits per heavy atom. The number of nitrogens with zero attached hydrogens (tertiary/aromatic N) is 4. The van der Waals surface area contributed by atoms with Crippen molar-refractivity contribution in [2.75, 3.05) is 36.8 Å². The van der Waals surface area contributed by atoms with Gasteiger partial charge in [0.2, 0.25) is 0 Å². The van der Waals surface area contributed by atoms with Crippen molar-refractivity contribution in [2.45, 2.75) is 38.5 Å². The number of pyridine rings is 2. The van der Waals surface area contributed by atoms with E-state index in [2.05, 4.69) is 57.0 Å². The molecule has 52 heavy (non-hydrogen) atoms. The lowest BCUT2D eigenvalue weighted by molar-refractivity contribution is 0.182. The minimum atomic E-state index is 0.00187. The second-order valence-corrected chi connectivity index (χ2v) is 13.9. The van der Waals surface area contributed by atoms with E-state index >= 15 is 0 Å². The van der Waals surface area contributed by atoms with E-state index in [0.717, 1.165) is 87.1 Å². The third-order valence-corrected chi connectivity index (χ3v) is 10.2. The monoisotopic (exact) mass is 690 g/mol. The van der Waals surface area contributed by atoms with Gasteiger partial charge >= 0.3 is 12.1 Å². The van der Waals surface area contributed by atoms with Crippen LogP contribution in [0, 0.1) is 11.8 Å². The zero-order valence-electron chi connectivity index (χ0n) is 29.5. The van der Waals surface area contributed by atoms with E-state index in [1.54, 1.807) is 0 Å². The Morgan fingerprint density at radius 2 is 0.885 bits per heavy atom. The number of likely N-dealkylation sites (tertiary alicyclic amines) is 2. The van der Waals surface area contributed by atoms with Gasteiger partial charge in [-0.05, 0) is 110 Å². The Balaban J connectivity index is 0.000000162. The van der Waals surface area contributed by atoms with Gasteiger partial charge in [-0.2, -0.15) is 0 Å². The second kappa shape index (κ2) is 17.0. The van der Waals surface area contributed by atoms with Gasteiger partial charge in [-0.1, -0.05) is 72.8 Å². The first-order valence-electron chi connectivity index (χ1n) is 18.4. The molecule has 4 heterocycles. The number of urea groups is 2. The number of anilines is 2. The fraction of sp³-hybridized carbons (Fsp3) is 0.273. The van der Waals surface area contributed by atoms with Gasteiger partial charge < -0.3 is 20.4 Å². The number of amides is 4. The van der Waals surface area contributed by atoms with E-state index in [1.165, 1.54) is 21.9 Å². The number of hydrogen-bond donors (Lipinski definition) is 2. The molecular weight excluding hydrogens is 645 g/mol. The lowest BCUT2D eigenvalue weighted by Crippen LogP contribution is -2.41. The number of piperidine rings is 2. The maximum absolute atomic E-state index is 12.4. The molecule has 4 amide bonds. The summed E-state index contributed by atoms with van der Waals surface area (Å²) < 4.78 is 0. The molecular formula is C44H46N6O2. The summed E-state index contributed by atoms with van der Waals surface area (Å²) in [4.78, 5) is 37.7. The van der Waals surface area contributed by atoms with Crippen LogP contribution >= 0.6 is 0 Å². The van der Waals surface area contributed by atoms with Crippen LogP contribution in [0.3, 0.4) is 0 Å². The highest BCUT2D eigenvalue weighted by Gasteiger charge is 2.24. The Bertz CT molecular complexity index is 1920. The molecule has 0 spiro atoms. The minimum Gasteiger partial charge on any atom is -0.325 e. The standard InChI is InChI=1S/2C22H23N3O/c2*26-22(24-20-7-2-1-3-8-20)25-12-10-17(11-13-25)14-18-15-19-6-4-5-9-21(19)23-16-18/h2*1-9,15-17H,10-14H2,(H,24,26). The molecule has 2 aliphatic rings. The molecule has 0 radical (unpaired) electrons. The Kier molecular flexibility index (Phi) is 11.3. The fourth-order valence-electron chi connectivity index (χ4n) is 7.25. The summed E-state index contributed by atoms with van der Waals surface area (Å²) in [6.45, 7) is 3.24. The van der Waals surface area contributed by atoms with Crippen molar-refractivity contribution < 1.29 is 9.59 Å². The lowest BCUT2D eigenvalue weighted by Gasteiger charge is -2.32. The largest absolute Gasteiger partial charge is 0.325 e. The zero-order valence-corrected chi connectivity index (χ0v) is 29.5. The van der Waals surface area contributed by atoms with Crippen LogP contribution in [-0.2, 0) is 12.8 Å². The van der Waals surface area contributed by atoms with E-state index < -0.39 is 0 Å². The van der Waals surface area contributed by atoms with Crippen molar-refractivity contribution in [3.05, 3.63) is 145 Å². The van der Waals surface area contributed by atoms with Gasteiger partial charge in [0.15, 0.2) is 0 Å². The number of carbonyl (C=O) groups excluding carboxylic acids is 2. The maximum atomic E-state index is 12.4. The molecule has 2 aromatic heterocycles. The SMILES string of the molecule is O=C(Nc1ccccc1)N1CCC(Cc2cnc3ccccc3c2)CC1.O=C(Nc1ccccc1)N1CCC(Cc2cnc3ccccc3c2)CC1. The summed E-state index contributed by atoms with van der Waals surface area (Å²) in [6, 6.07) is 40.2. The zero-order chi connectivity index (χ0) is 35.5. The van der Waals surface area contributed by atoms with Gasteiger partial charge in [-0.3, -0.25) is 9.97 Å². The van der Waals surface area contributed by atoms with E-state index in [-0.39, 0.29) is 12.1 Å². The quantitative estimate of drug-likeness (QED) is 0.182. The third kappa shape index (κ3) is 9.31. The molecule has 2 saturated heterocycles. The van der Waals surface area contributed by atoms with Crippen LogP contribution in [-0.4, -0.2) is 58.0 Å². The molecule has 2 fully saturated rings. The number of aromatic nitrogens is 2. The molecule has 0 saturated carbocycles. The highest BCUT2D eigenvalue weighted by atomic mass is 16.2. The summed E-state index contributed by atoms with van der Waals surface area (Å²) in [5, 5.41) is 8.34. The van der Waals surface area contributed by atoms with Crippen LogP contribution in [0.5, 0.6) is 0 Å². The highest BCUT2D eigenvalue weighted by molar-refractivity contribution is 5.90. The van der Waals surface area contributed by atoms with Crippen molar-refractivity contribution in [1.82, 2.24) is 19.8 Å². The average Bonchev–Trinajstić information content (AvgIpc) is 3.19. The summed E-state index contributed by atoms with van der Waals surface area (Å²) in [5.41, 5.74) is 6.36. The average molecular weight is 691 g/mol. The molecule has 264 valence electrons. The van der Waals surface area contributed by atoms with Crippen LogP contribution in [0.4, 0.5) is 21.0 Å². The smallest absolute Gasteiger partial charge is 0.321 e. The Hall–Kier alpha value is -5.76. The molecule has 8 rings (SSSR count). The highest BCUT2D eigenvalue weighted by Crippen LogP contribution is 2.25. The van der Waals surface area contributed by atoms with Crippen LogP contribution in [0.2, 0.25) is 0 Å². The van der Waals surface area contributed by atoms with E-state index in [1.807, 2.05) is 107 Å². The van der Waals surface area contributed by atoms with Crippen LogP contribution in [0.1, 0.15) is 36.8 Å². The number of rotatable bonds is 6. The van der Waals surface area contributed by atoms with E-state index in [9.17, 15) is 9.59 Å². The van der Waals surface area contributed by atoms with Crippen LogP contribution < -0.4 is 10.6 Å². The number of para-hydroxylation sites is 4. The summed E-state index contributed by atoms with van der Waals surface area (Å²) in [7, 11) is 0. The second-order valence-electron chi connectivity index (χ2n) is 13.9. The molecule has 2 aliphatic heterocycles. The lowest BCUT2D eigenvalue weighted by atomic mass is 9.90. The van der Waals surface area contributed by atoms with Gasteiger partial charge in [0.1, 0.15) is 0 Å². The van der Waals surface area contributed by atoms with Crippen molar-refractivity contribution >= 4 is 45.2 Å². The van der Waals surface area contributed by atoms with Gasteiger partial charge in [0, 0.05) is 60.7 Å². The molecule has 2 N–H and O–H groups in total. The van der Waals surface area contributed by atoms with Crippen molar-refractivity contribution in [3.63, 3.8) is 0 Å². The normalized spacial score (nSPS) is 15.2. The molecule has 8 nitrogen and oxygen atoms in total. The predicted octanol–water partition coefficient (Wildman–Crippen LogP) is 9.44. The van der Waals surface area contributed by atoms with Crippen LogP contribution in [0.25, 0.3) is 21.8 Å². The first-order valence-corrected chi connectivity index (χ1v) is 18.4. The van der Waals surface area contributed by atoms with Crippen molar-refractivity contribution in [1.29, 1.82) is 0 Å². The van der Waals surface area contributed by atoms with E-state index in [0.29, 0.717) is 11.8 Å². The summed E-state index contributed by atoms with van der Waals surface area (Å²) in [5.74, 6) is 1.22. The number of carbonyl (C=O) groups is 2. The van der Waals surface area contributed by atoms with E-state index in [4.69, 9.17) is 0 Å². The molecule has 4 aromatic carbocycles. The maximum Gasteiger partial charge on any atom is 0.321 e. The molecule has 8 heteroatoms. The summed E-state index contributed by atoms with van der Waals surface area (Å²) in [6.07, 6.45) is 10.2. The third-order valence-electron chi connectivity index (χ3n) is 10.2. The number of fused-ring (bicyclic) bond motifs is 2. The summed E-state index contributed by atoms with van der Waals surface area (Å²) >= 11 is 0. The van der Waals surface area contributed by atoms with Crippen molar-refractivity contribution in [3.8, 4) is 0 Å². The van der Waals surface area contributed by atoms with Gasteiger partial charge in [0.05, 0.1) is 11.0 Å². The molecule has 0 atom stereocenters. The molecule has 0 aliphatic carbocycles. The topological polar surface area (TPSA) is 90.5 Å². The van der Waals surface area contributed by atoms with Gasteiger partial charge in [0.25, 0.3) is 0 Å². The van der Waals surface area contributed by atoms with Crippen LogP contribution in [0.15, 0.2) is 134 Å². The molecule has 0 unspecified atom stereocenters. The first-order chi connectivity index (χ1) is 25.6. The number of benzene rings is 4. The number of hydrogen-bond acceptors (Lipinski definition) is 4. The van der Waals surface area contributed by atoms with Gasteiger partial charge in [-0.15, -0.1) is 0 Å². The molecule has 0 bridgehead atoms. The Morgan fingerprint density at radius 3 is 1.29 bits per heavy atom. The Labute approximate surface area is 305 Å². The number of nitrogens with one attached hydrogen (secondary N) is 2.